The maximum absolute atomic E-state index is 11.5. The number of nitrogens with zero attached hydrogens (tertiary/aromatic N) is 1. The van der Waals surface area contributed by atoms with Crippen molar-refractivity contribution in [3.05, 3.63) is 0 Å². The molecule has 98 valence electrons. The van der Waals surface area contributed by atoms with Gasteiger partial charge in [-0.3, -0.25) is 4.79 Å². The lowest BCUT2D eigenvalue weighted by Crippen LogP contribution is -2.48. The fourth-order valence-electron chi connectivity index (χ4n) is 2.79. The van der Waals surface area contributed by atoms with E-state index in [-0.39, 0.29) is 6.04 Å². The van der Waals surface area contributed by atoms with Gasteiger partial charge in [-0.2, -0.15) is 0 Å². The van der Waals surface area contributed by atoms with Gasteiger partial charge in [-0.1, -0.05) is 0 Å². The van der Waals surface area contributed by atoms with E-state index >= 15 is 0 Å². The first kappa shape index (κ1) is 12.8. The molecule has 0 saturated carbocycles. The number of carbonyl (C=O) groups is 1. The van der Waals surface area contributed by atoms with Gasteiger partial charge >= 0.3 is 5.97 Å². The first-order valence-corrected chi connectivity index (χ1v) is 7.57. The lowest BCUT2D eigenvalue weighted by atomic mass is 9.99. The Labute approximate surface area is 101 Å². The van der Waals surface area contributed by atoms with Crippen molar-refractivity contribution in [3.8, 4) is 0 Å². The predicted octanol–water partition coefficient (Wildman–Crippen LogP) is -0.383. The number of hydrogen-bond donors (Lipinski definition) is 2. The van der Waals surface area contributed by atoms with E-state index < -0.39 is 21.7 Å². The van der Waals surface area contributed by atoms with Gasteiger partial charge < -0.3 is 10.0 Å². The first-order valence-electron chi connectivity index (χ1n) is 5.92. The summed E-state index contributed by atoms with van der Waals surface area (Å²) in [6.07, 6.45) is 3.88. The van der Waals surface area contributed by atoms with Crippen molar-refractivity contribution in [2.45, 2.75) is 37.8 Å². The zero-order valence-corrected chi connectivity index (χ0v) is 10.4. The Hall–Kier alpha value is -0.660. The number of sulfonamides is 1. The average Bonchev–Trinajstić information content (AvgIpc) is 2.61. The Balaban J connectivity index is 1.89. The molecule has 2 saturated heterocycles. The van der Waals surface area contributed by atoms with Crippen LogP contribution in [0.1, 0.15) is 25.7 Å². The standard InChI is InChI=1S/C10H18N2O4S/c13-10(14)7-17(15,16)11-8-3-5-12-4-1-2-9(12)6-8/h8-9,11H,1-7H2,(H,13,14). The molecule has 2 heterocycles. The minimum absolute atomic E-state index is 0.0984. The topological polar surface area (TPSA) is 86.7 Å². The van der Waals surface area contributed by atoms with Crippen LogP contribution in [0.4, 0.5) is 0 Å². The fraction of sp³-hybridized carbons (Fsp3) is 0.900. The molecule has 2 N–H and O–H groups in total. The van der Waals surface area contributed by atoms with E-state index in [1.807, 2.05) is 0 Å². The van der Waals surface area contributed by atoms with Crippen LogP contribution in [-0.2, 0) is 14.8 Å². The largest absolute Gasteiger partial charge is 0.480 e. The number of carboxylic acid groups (broad SMARTS) is 1. The summed E-state index contributed by atoms with van der Waals surface area (Å²) in [7, 11) is -3.68. The molecule has 2 unspecified atom stereocenters. The van der Waals surface area contributed by atoms with Crippen LogP contribution in [0.25, 0.3) is 0 Å². The van der Waals surface area contributed by atoms with Gasteiger partial charge in [0.2, 0.25) is 10.0 Å². The lowest BCUT2D eigenvalue weighted by Gasteiger charge is -2.34. The van der Waals surface area contributed by atoms with Crippen LogP contribution in [-0.4, -0.2) is 55.3 Å². The maximum atomic E-state index is 11.5. The minimum atomic E-state index is -3.68. The zero-order chi connectivity index (χ0) is 12.5. The summed E-state index contributed by atoms with van der Waals surface area (Å²) < 4.78 is 25.5. The number of rotatable bonds is 4. The van der Waals surface area contributed by atoms with Crippen molar-refractivity contribution in [1.82, 2.24) is 9.62 Å². The molecule has 2 aliphatic rings. The maximum Gasteiger partial charge on any atom is 0.320 e. The third kappa shape index (κ3) is 3.40. The third-order valence-corrected chi connectivity index (χ3v) is 4.80. The van der Waals surface area contributed by atoms with Crippen molar-refractivity contribution in [3.63, 3.8) is 0 Å². The third-order valence-electron chi connectivity index (χ3n) is 3.48. The van der Waals surface area contributed by atoms with Crippen molar-refractivity contribution in [2.24, 2.45) is 0 Å². The predicted molar refractivity (Wildman–Crippen MR) is 62.2 cm³/mol. The summed E-state index contributed by atoms with van der Waals surface area (Å²) in [4.78, 5) is 12.8. The molecular formula is C10H18N2O4S. The Morgan fingerprint density at radius 2 is 2.12 bits per heavy atom. The summed E-state index contributed by atoms with van der Waals surface area (Å²) in [6, 6.07) is 0.375. The van der Waals surface area contributed by atoms with E-state index in [9.17, 15) is 13.2 Å². The normalized spacial score (nSPS) is 30.1. The first-order chi connectivity index (χ1) is 7.96. The number of fused-ring (bicyclic) bond motifs is 1. The van der Waals surface area contributed by atoms with Crippen molar-refractivity contribution in [1.29, 1.82) is 0 Å². The molecule has 0 amide bonds. The van der Waals surface area contributed by atoms with Gasteiger partial charge in [-0.05, 0) is 38.8 Å². The second-order valence-electron chi connectivity index (χ2n) is 4.82. The SMILES string of the molecule is O=C(O)CS(=O)(=O)NC1CCN2CCCC2C1. The van der Waals surface area contributed by atoms with Gasteiger partial charge in [0.25, 0.3) is 0 Å². The summed E-state index contributed by atoms with van der Waals surface area (Å²) in [5.41, 5.74) is 0. The van der Waals surface area contributed by atoms with E-state index in [4.69, 9.17) is 5.11 Å². The van der Waals surface area contributed by atoms with Crippen LogP contribution >= 0.6 is 0 Å². The molecule has 0 aromatic rings. The van der Waals surface area contributed by atoms with Crippen molar-refractivity contribution >= 4 is 16.0 Å². The van der Waals surface area contributed by atoms with E-state index in [0.29, 0.717) is 6.04 Å². The van der Waals surface area contributed by atoms with Gasteiger partial charge in [0, 0.05) is 12.1 Å². The molecule has 2 rings (SSSR count). The van der Waals surface area contributed by atoms with Gasteiger partial charge in [0.05, 0.1) is 0 Å². The van der Waals surface area contributed by atoms with Crippen LogP contribution in [0.5, 0.6) is 0 Å². The van der Waals surface area contributed by atoms with Crippen LogP contribution in [0.15, 0.2) is 0 Å². The zero-order valence-electron chi connectivity index (χ0n) is 9.63. The Kier molecular flexibility index (Phi) is 3.70. The molecule has 6 nitrogen and oxygen atoms in total. The van der Waals surface area contributed by atoms with Crippen LogP contribution in [0.2, 0.25) is 0 Å². The Morgan fingerprint density at radius 1 is 1.35 bits per heavy atom. The molecule has 2 atom stereocenters. The van der Waals surface area contributed by atoms with Crippen LogP contribution in [0, 0.1) is 0 Å². The highest BCUT2D eigenvalue weighted by Crippen LogP contribution is 2.27. The number of carboxylic acids is 1. The highest BCUT2D eigenvalue weighted by molar-refractivity contribution is 7.90. The highest BCUT2D eigenvalue weighted by atomic mass is 32.2. The Morgan fingerprint density at radius 3 is 2.82 bits per heavy atom. The molecule has 0 aromatic heterocycles. The van der Waals surface area contributed by atoms with Crippen molar-refractivity contribution in [2.75, 3.05) is 18.8 Å². The van der Waals surface area contributed by atoms with Gasteiger partial charge in [0.1, 0.15) is 0 Å². The molecule has 2 aliphatic heterocycles. The van der Waals surface area contributed by atoms with E-state index in [0.717, 1.165) is 32.4 Å². The number of hydrogen-bond acceptors (Lipinski definition) is 4. The summed E-state index contributed by atoms with van der Waals surface area (Å²) in [5.74, 6) is -2.14. The highest BCUT2D eigenvalue weighted by Gasteiger charge is 2.33. The van der Waals surface area contributed by atoms with Crippen LogP contribution in [0.3, 0.4) is 0 Å². The summed E-state index contributed by atoms with van der Waals surface area (Å²) in [5, 5.41) is 8.50. The molecule has 0 bridgehead atoms. The van der Waals surface area contributed by atoms with Gasteiger partial charge in [0.15, 0.2) is 5.75 Å². The molecule has 7 heteroatoms. The lowest BCUT2D eigenvalue weighted by molar-refractivity contribution is -0.134. The number of aliphatic carboxylic acids is 1. The Bertz CT molecular complexity index is 395. The number of nitrogens with one attached hydrogen (secondary N) is 1. The number of piperidine rings is 1. The molecule has 0 spiro atoms. The molecule has 0 radical (unpaired) electrons. The summed E-state index contributed by atoms with van der Waals surface area (Å²) >= 11 is 0. The quantitative estimate of drug-likeness (QED) is 0.721. The monoisotopic (exact) mass is 262 g/mol. The molecular weight excluding hydrogens is 244 g/mol. The molecule has 2 fully saturated rings. The minimum Gasteiger partial charge on any atom is -0.480 e. The van der Waals surface area contributed by atoms with E-state index in [2.05, 4.69) is 9.62 Å². The molecule has 17 heavy (non-hydrogen) atoms. The second kappa shape index (κ2) is 4.91. The second-order valence-corrected chi connectivity index (χ2v) is 6.58. The van der Waals surface area contributed by atoms with E-state index in [1.54, 1.807) is 0 Å². The van der Waals surface area contributed by atoms with E-state index in [1.165, 1.54) is 6.42 Å². The molecule has 0 aliphatic carbocycles. The summed E-state index contributed by atoms with van der Waals surface area (Å²) in [6.45, 7) is 2.02. The van der Waals surface area contributed by atoms with Gasteiger partial charge in [-0.15, -0.1) is 0 Å². The van der Waals surface area contributed by atoms with Crippen molar-refractivity contribution < 1.29 is 18.3 Å². The molecule has 0 aromatic carbocycles. The average molecular weight is 262 g/mol. The smallest absolute Gasteiger partial charge is 0.320 e. The van der Waals surface area contributed by atoms with Gasteiger partial charge in [-0.25, -0.2) is 13.1 Å². The fourth-order valence-corrected chi connectivity index (χ4v) is 3.92. The van der Waals surface area contributed by atoms with Crippen LogP contribution < -0.4 is 4.72 Å².